The van der Waals surface area contributed by atoms with Crippen LogP contribution in [0.3, 0.4) is 0 Å². The number of rotatable bonds is 4. The lowest BCUT2D eigenvalue weighted by Gasteiger charge is -2.12. The summed E-state index contributed by atoms with van der Waals surface area (Å²) < 4.78 is 9.46. The summed E-state index contributed by atoms with van der Waals surface area (Å²) >= 11 is 0. The average Bonchev–Trinajstić information content (AvgIpc) is 2.78. The molecule has 0 radical (unpaired) electrons. The molecular formula is C11H13NO4. The Bertz CT molecular complexity index is 381. The summed E-state index contributed by atoms with van der Waals surface area (Å²) in [7, 11) is 2.80. The third-order valence-corrected chi connectivity index (χ3v) is 1.90. The summed E-state index contributed by atoms with van der Waals surface area (Å²) in [6.07, 6.45) is 4.39. The van der Waals surface area contributed by atoms with Crippen molar-refractivity contribution in [2.75, 3.05) is 20.7 Å². The zero-order chi connectivity index (χ0) is 12.0. The van der Waals surface area contributed by atoms with Gasteiger partial charge in [0.1, 0.15) is 12.3 Å². The minimum atomic E-state index is -0.456. The van der Waals surface area contributed by atoms with Gasteiger partial charge in [0, 0.05) is 13.1 Å². The number of carbonyl (C=O) groups excluding carboxylic acids is 2. The molecule has 0 saturated heterocycles. The summed E-state index contributed by atoms with van der Waals surface area (Å²) in [5, 5.41) is 0. The number of esters is 1. The minimum absolute atomic E-state index is 0.0716. The third-order valence-electron chi connectivity index (χ3n) is 1.90. The second-order valence-corrected chi connectivity index (χ2v) is 3.12. The Balaban J connectivity index is 2.49. The first-order valence-electron chi connectivity index (χ1n) is 4.67. The van der Waals surface area contributed by atoms with Crippen molar-refractivity contribution in [2.45, 2.75) is 0 Å². The summed E-state index contributed by atoms with van der Waals surface area (Å²) in [5.74, 6) is -0.163. The van der Waals surface area contributed by atoms with Crippen LogP contribution in [0.1, 0.15) is 5.76 Å². The van der Waals surface area contributed by atoms with Crippen LogP contribution in [0.25, 0.3) is 6.08 Å². The van der Waals surface area contributed by atoms with E-state index in [0.717, 1.165) is 0 Å². The van der Waals surface area contributed by atoms with E-state index in [9.17, 15) is 9.59 Å². The summed E-state index contributed by atoms with van der Waals surface area (Å²) in [6.45, 7) is -0.0716. The molecule has 0 aliphatic carbocycles. The van der Waals surface area contributed by atoms with Crippen LogP contribution in [0, 0.1) is 0 Å². The lowest BCUT2D eigenvalue weighted by atomic mass is 10.3. The van der Waals surface area contributed by atoms with E-state index in [1.165, 1.54) is 37.5 Å². The van der Waals surface area contributed by atoms with Gasteiger partial charge in [-0.1, -0.05) is 0 Å². The monoisotopic (exact) mass is 223 g/mol. The maximum atomic E-state index is 11.5. The first-order chi connectivity index (χ1) is 7.63. The number of carbonyl (C=O) groups is 2. The molecule has 0 atom stereocenters. The molecule has 0 unspecified atom stereocenters. The number of methoxy groups -OCH3 is 1. The van der Waals surface area contributed by atoms with Gasteiger partial charge in [-0.2, -0.15) is 0 Å². The third kappa shape index (κ3) is 3.61. The maximum absolute atomic E-state index is 11.5. The zero-order valence-electron chi connectivity index (χ0n) is 9.17. The van der Waals surface area contributed by atoms with Gasteiger partial charge in [0.2, 0.25) is 5.91 Å². The molecule has 0 aliphatic heterocycles. The SMILES string of the molecule is COC(=O)CN(C)C(=O)/C=C/c1ccco1. The first kappa shape index (κ1) is 12.0. The lowest BCUT2D eigenvalue weighted by molar-refractivity contribution is -0.144. The fraction of sp³-hybridized carbons (Fsp3) is 0.273. The molecule has 1 aromatic heterocycles. The van der Waals surface area contributed by atoms with Crippen LogP contribution in [-0.2, 0) is 14.3 Å². The minimum Gasteiger partial charge on any atom is -0.468 e. The average molecular weight is 223 g/mol. The van der Waals surface area contributed by atoms with Crippen molar-refractivity contribution in [3.8, 4) is 0 Å². The van der Waals surface area contributed by atoms with Crippen LogP contribution in [-0.4, -0.2) is 37.5 Å². The van der Waals surface area contributed by atoms with Gasteiger partial charge in [-0.05, 0) is 18.2 Å². The maximum Gasteiger partial charge on any atom is 0.325 e. The van der Waals surface area contributed by atoms with E-state index >= 15 is 0 Å². The van der Waals surface area contributed by atoms with Gasteiger partial charge in [-0.15, -0.1) is 0 Å². The lowest BCUT2D eigenvalue weighted by Crippen LogP contribution is -2.31. The summed E-state index contributed by atoms with van der Waals surface area (Å²) in [6, 6.07) is 3.45. The van der Waals surface area contributed by atoms with Gasteiger partial charge in [0.25, 0.3) is 0 Å². The molecule has 0 spiro atoms. The van der Waals surface area contributed by atoms with Crippen LogP contribution in [0.2, 0.25) is 0 Å². The number of likely N-dealkylation sites (N-methyl/N-ethyl adjacent to an activating group) is 1. The Labute approximate surface area is 93.3 Å². The molecule has 0 N–H and O–H groups in total. The number of hydrogen-bond donors (Lipinski definition) is 0. The molecule has 16 heavy (non-hydrogen) atoms. The molecule has 1 rings (SSSR count). The highest BCUT2D eigenvalue weighted by Gasteiger charge is 2.09. The molecule has 0 bridgehead atoms. The van der Waals surface area contributed by atoms with E-state index in [2.05, 4.69) is 4.74 Å². The number of hydrogen-bond acceptors (Lipinski definition) is 4. The zero-order valence-corrected chi connectivity index (χ0v) is 9.17. The van der Waals surface area contributed by atoms with Crippen molar-refractivity contribution in [3.63, 3.8) is 0 Å². The van der Waals surface area contributed by atoms with Crippen LogP contribution in [0.5, 0.6) is 0 Å². The highest BCUT2D eigenvalue weighted by Crippen LogP contribution is 2.02. The van der Waals surface area contributed by atoms with Crippen molar-refractivity contribution in [1.82, 2.24) is 4.90 Å². The van der Waals surface area contributed by atoms with Gasteiger partial charge in [-0.25, -0.2) is 0 Å². The Morgan fingerprint density at radius 2 is 2.31 bits per heavy atom. The molecule has 0 aromatic carbocycles. The van der Waals surface area contributed by atoms with E-state index in [4.69, 9.17) is 4.42 Å². The number of nitrogens with zero attached hydrogens (tertiary/aromatic N) is 1. The van der Waals surface area contributed by atoms with Crippen molar-refractivity contribution >= 4 is 18.0 Å². The fourth-order valence-electron chi connectivity index (χ4n) is 1.00. The molecule has 5 nitrogen and oxygen atoms in total. The van der Waals surface area contributed by atoms with Crippen LogP contribution in [0.4, 0.5) is 0 Å². The molecule has 86 valence electrons. The Hall–Kier alpha value is -2.04. The Morgan fingerprint density at radius 1 is 1.56 bits per heavy atom. The highest BCUT2D eigenvalue weighted by molar-refractivity contribution is 5.93. The van der Waals surface area contributed by atoms with Crippen molar-refractivity contribution in [2.24, 2.45) is 0 Å². The van der Waals surface area contributed by atoms with Crippen LogP contribution < -0.4 is 0 Å². The molecule has 0 saturated carbocycles. The van der Waals surface area contributed by atoms with Crippen molar-refractivity contribution in [1.29, 1.82) is 0 Å². The van der Waals surface area contributed by atoms with E-state index < -0.39 is 5.97 Å². The number of furan rings is 1. The predicted octanol–water partition coefficient (Wildman–Crippen LogP) is 0.924. The predicted molar refractivity (Wildman–Crippen MR) is 57.4 cm³/mol. The fourth-order valence-corrected chi connectivity index (χ4v) is 1.00. The standard InChI is InChI=1S/C11H13NO4/c1-12(8-11(14)15-2)10(13)6-5-9-4-3-7-16-9/h3-7H,8H2,1-2H3/b6-5+. The van der Waals surface area contributed by atoms with Gasteiger partial charge < -0.3 is 14.1 Å². The van der Waals surface area contributed by atoms with E-state index in [1.54, 1.807) is 12.1 Å². The molecular weight excluding hydrogens is 210 g/mol. The Kier molecular flexibility index (Phi) is 4.32. The van der Waals surface area contributed by atoms with Gasteiger partial charge in [0.15, 0.2) is 0 Å². The Morgan fingerprint density at radius 3 is 2.88 bits per heavy atom. The topological polar surface area (TPSA) is 59.8 Å². The van der Waals surface area contributed by atoms with Crippen LogP contribution >= 0.6 is 0 Å². The molecule has 1 aromatic rings. The van der Waals surface area contributed by atoms with E-state index in [0.29, 0.717) is 5.76 Å². The van der Waals surface area contributed by atoms with Gasteiger partial charge in [0.05, 0.1) is 13.4 Å². The molecule has 1 amide bonds. The second-order valence-electron chi connectivity index (χ2n) is 3.12. The smallest absolute Gasteiger partial charge is 0.325 e. The normalized spacial score (nSPS) is 10.4. The molecule has 5 heteroatoms. The van der Waals surface area contributed by atoms with Crippen LogP contribution in [0.15, 0.2) is 28.9 Å². The first-order valence-corrected chi connectivity index (χ1v) is 4.67. The largest absolute Gasteiger partial charge is 0.468 e. The molecule has 0 aliphatic rings. The van der Waals surface area contributed by atoms with E-state index in [-0.39, 0.29) is 12.5 Å². The van der Waals surface area contributed by atoms with Gasteiger partial charge in [-0.3, -0.25) is 9.59 Å². The molecule has 1 heterocycles. The highest BCUT2D eigenvalue weighted by atomic mass is 16.5. The number of amides is 1. The quantitative estimate of drug-likeness (QED) is 0.562. The summed E-state index contributed by atoms with van der Waals surface area (Å²) in [5.41, 5.74) is 0. The van der Waals surface area contributed by atoms with Gasteiger partial charge >= 0.3 is 5.97 Å². The molecule has 0 fully saturated rings. The summed E-state index contributed by atoms with van der Waals surface area (Å²) in [4.78, 5) is 23.6. The van der Waals surface area contributed by atoms with Crippen molar-refractivity contribution in [3.05, 3.63) is 30.2 Å². The van der Waals surface area contributed by atoms with E-state index in [1.807, 2.05) is 0 Å². The second kappa shape index (κ2) is 5.75. The van der Waals surface area contributed by atoms with Crippen molar-refractivity contribution < 1.29 is 18.7 Å². The number of ether oxygens (including phenoxy) is 1.